The van der Waals surface area contributed by atoms with Crippen LogP contribution in [0.2, 0.25) is 0 Å². The number of nitrogens with zero attached hydrogens (tertiary/aromatic N) is 2. The van der Waals surface area contributed by atoms with Crippen molar-refractivity contribution in [1.82, 2.24) is 9.80 Å². The molecule has 6 heteroatoms. The summed E-state index contributed by atoms with van der Waals surface area (Å²) in [5.41, 5.74) is 0. The number of carbonyl (C=O) groups excluding carboxylic acids is 1. The van der Waals surface area contributed by atoms with Crippen LogP contribution in [0.3, 0.4) is 0 Å². The summed E-state index contributed by atoms with van der Waals surface area (Å²) in [4.78, 5) is 25.8. The molecule has 96 valence electrons. The zero-order valence-electron chi connectivity index (χ0n) is 9.96. The largest absolute Gasteiger partial charge is 0.481 e. The quantitative estimate of drug-likeness (QED) is 0.773. The third-order valence-corrected chi connectivity index (χ3v) is 3.41. The van der Waals surface area contributed by atoms with E-state index in [0.29, 0.717) is 13.1 Å². The van der Waals surface area contributed by atoms with E-state index in [1.54, 1.807) is 11.9 Å². The number of carbonyl (C=O) groups is 2. The normalized spacial score (nSPS) is 29.1. The van der Waals surface area contributed by atoms with E-state index >= 15 is 0 Å². The van der Waals surface area contributed by atoms with Gasteiger partial charge in [-0.05, 0) is 12.8 Å². The number of urea groups is 1. The van der Waals surface area contributed by atoms with Crippen molar-refractivity contribution >= 4 is 12.0 Å². The molecule has 2 saturated heterocycles. The minimum Gasteiger partial charge on any atom is -0.481 e. The maximum atomic E-state index is 11.9. The molecule has 2 unspecified atom stereocenters. The smallest absolute Gasteiger partial charge is 0.320 e. The summed E-state index contributed by atoms with van der Waals surface area (Å²) in [6, 6.07) is -0.312. The molecule has 0 bridgehead atoms. The van der Waals surface area contributed by atoms with Crippen LogP contribution in [-0.2, 0) is 9.53 Å². The summed E-state index contributed by atoms with van der Waals surface area (Å²) in [6.07, 6.45) is 2.15. The van der Waals surface area contributed by atoms with Crippen molar-refractivity contribution in [2.75, 3.05) is 26.7 Å². The van der Waals surface area contributed by atoms with E-state index in [0.717, 1.165) is 19.4 Å². The van der Waals surface area contributed by atoms with Gasteiger partial charge in [-0.3, -0.25) is 4.79 Å². The second kappa shape index (κ2) is 4.91. The summed E-state index contributed by atoms with van der Waals surface area (Å²) in [5.74, 6) is -0.867. The summed E-state index contributed by atoms with van der Waals surface area (Å²) >= 11 is 0. The average Bonchev–Trinajstić information content (AvgIpc) is 2.84. The van der Waals surface area contributed by atoms with Crippen LogP contribution >= 0.6 is 0 Å². The first-order valence-electron chi connectivity index (χ1n) is 5.93. The molecule has 2 fully saturated rings. The number of likely N-dealkylation sites (N-methyl/N-ethyl adjacent to an activating group) is 1. The van der Waals surface area contributed by atoms with Crippen LogP contribution in [0.15, 0.2) is 0 Å². The van der Waals surface area contributed by atoms with Gasteiger partial charge in [0, 0.05) is 26.7 Å². The molecular formula is C11H18N2O4. The van der Waals surface area contributed by atoms with Gasteiger partial charge in [0.05, 0.1) is 18.6 Å². The minimum absolute atomic E-state index is 0.00423. The molecule has 0 aliphatic carbocycles. The van der Waals surface area contributed by atoms with Crippen molar-refractivity contribution in [3.63, 3.8) is 0 Å². The van der Waals surface area contributed by atoms with Crippen LogP contribution in [-0.4, -0.2) is 65.8 Å². The van der Waals surface area contributed by atoms with Crippen molar-refractivity contribution in [2.45, 2.75) is 31.4 Å². The van der Waals surface area contributed by atoms with Gasteiger partial charge in [0.25, 0.3) is 0 Å². The third kappa shape index (κ3) is 2.69. The summed E-state index contributed by atoms with van der Waals surface area (Å²) in [5, 5.41) is 8.77. The first-order valence-corrected chi connectivity index (χ1v) is 5.93. The molecule has 6 nitrogen and oxygen atoms in total. The molecule has 2 aliphatic rings. The molecule has 2 aliphatic heterocycles. The Morgan fingerprint density at radius 1 is 1.59 bits per heavy atom. The van der Waals surface area contributed by atoms with Crippen LogP contribution in [0.25, 0.3) is 0 Å². The van der Waals surface area contributed by atoms with Crippen LogP contribution in [0.4, 0.5) is 4.79 Å². The Labute approximate surface area is 100 Å². The van der Waals surface area contributed by atoms with Gasteiger partial charge >= 0.3 is 12.0 Å². The number of carboxylic acids is 1. The van der Waals surface area contributed by atoms with Crippen molar-refractivity contribution in [3.8, 4) is 0 Å². The molecule has 2 heterocycles. The molecule has 0 radical (unpaired) electrons. The lowest BCUT2D eigenvalue weighted by Crippen LogP contribution is -2.35. The number of hydrogen-bond acceptors (Lipinski definition) is 3. The lowest BCUT2D eigenvalue weighted by Gasteiger charge is -2.19. The van der Waals surface area contributed by atoms with Crippen molar-refractivity contribution in [3.05, 3.63) is 0 Å². The Morgan fingerprint density at radius 3 is 2.94 bits per heavy atom. The van der Waals surface area contributed by atoms with Crippen LogP contribution in [0.1, 0.15) is 19.3 Å². The Morgan fingerprint density at radius 2 is 2.35 bits per heavy atom. The molecule has 0 saturated carbocycles. The van der Waals surface area contributed by atoms with Crippen LogP contribution < -0.4 is 0 Å². The highest BCUT2D eigenvalue weighted by atomic mass is 16.5. The molecule has 0 aromatic rings. The van der Waals surface area contributed by atoms with Crippen LogP contribution in [0.5, 0.6) is 0 Å². The number of aliphatic carboxylic acids is 1. The zero-order chi connectivity index (χ0) is 12.4. The average molecular weight is 242 g/mol. The van der Waals surface area contributed by atoms with Gasteiger partial charge in [-0.25, -0.2) is 4.79 Å². The van der Waals surface area contributed by atoms with Gasteiger partial charge in [0.1, 0.15) is 0 Å². The van der Waals surface area contributed by atoms with Gasteiger partial charge in [0.15, 0.2) is 0 Å². The minimum atomic E-state index is -0.867. The second-order valence-corrected chi connectivity index (χ2v) is 4.69. The highest BCUT2D eigenvalue weighted by Gasteiger charge is 2.37. The fourth-order valence-electron chi connectivity index (χ4n) is 2.42. The lowest BCUT2D eigenvalue weighted by molar-refractivity contribution is -0.137. The van der Waals surface area contributed by atoms with Crippen molar-refractivity contribution in [1.29, 1.82) is 0 Å². The summed E-state index contributed by atoms with van der Waals surface area (Å²) in [7, 11) is 1.66. The molecule has 0 spiro atoms. The Bertz CT molecular complexity index is 315. The first-order chi connectivity index (χ1) is 8.08. The molecule has 17 heavy (non-hydrogen) atoms. The molecule has 1 N–H and O–H groups in total. The van der Waals surface area contributed by atoms with E-state index in [1.807, 2.05) is 0 Å². The molecule has 0 aromatic carbocycles. The fraction of sp³-hybridized carbons (Fsp3) is 0.818. The van der Waals surface area contributed by atoms with Gasteiger partial charge in [-0.2, -0.15) is 0 Å². The predicted molar refractivity (Wildman–Crippen MR) is 59.7 cm³/mol. The second-order valence-electron chi connectivity index (χ2n) is 4.69. The molecule has 2 rings (SSSR count). The van der Waals surface area contributed by atoms with E-state index in [1.165, 1.54) is 4.90 Å². The van der Waals surface area contributed by atoms with E-state index < -0.39 is 5.97 Å². The number of hydrogen-bond donors (Lipinski definition) is 1. The lowest BCUT2D eigenvalue weighted by atomic mass is 10.2. The maximum Gasteiger partial charge on any atom is 0.320 e. The van der Waals surface area contributed by atoms with E-state index in [2.05, 4.69) is 0 Å². The molecule has 2 amide bonds. The van der Waals surface area contributed by atoms with E-state index in [9.17, 15) is 9.59 Å². The topological polar surface area (TPSA) is 70.1 Å². The third-order valence-electron chi connectivity index (χ3n) is 3.41. The van der Waals surface area contributed by atoms with Gasteiger partial charge in [-0.1, -0.05) is 0 Å². The highest BCUT2D eigenvalue weighted by molar-refractivity contribution is 5.78. The Kier molecular flexibility index (Phi) is 3.51. The monoisotopic (exact) mass is 242 g/mol. The zero-order valence-corrected chi connectivity index (χ0v) is 9.96. The highest BCUT2D eigenvalue weighted by Crippen LogP contribution is 2.20. The number of rotatable bonds is 4. The number of ether oxygens (including phenoxy) is 1. The number of amides is 2. The van der Waals surface area contributed by atoms with Gasteiger partial charge < -0.3 is 19.6 Å². The number of carboxylic acid groups (broad SMARTS) is 1. The summed E-state index contributed by atoms with van der Waals surface area (Å²) in [6.45, 7) is 1.84. The summed E-state index contributed by atoms with van der Waals surface area (Å²) < 4.78 is 5.49. The predicted octanol–water partition coefficient (Wildman–Crippen LogP) is 0.376. The standard InChI is InChI=1S/C11H18N2O4/c1-12-8(5-10(14)15)6-13(11(12)16)7-9-3-2-4-17-9/h8-9H,2-7H2,1H3,(H,14,15). The van der Waals surface area contributed by atoms with E-state index in [-0.39, 0.29) is 24.6 Å². The first kappa shape index (κ1) is 12.2. The SMILES string of the molecule is CN1C(=O)N(CC2CCCO2)CC1CC(=O)O. The molecule has 0 aromatic heterocycles. The molecular weight excluding hydrogens is 224 g/mol. The Balaban J connectivity index is 1.91. The Hall–Kier alpha value is -1.30. The van der Waals surface area contributed by atoms with Crippen molar-refractivity contribution < 1.29 is 19.4 Å². The van der Waals surface area contributed by atoms with Gasteiger partial charge in [-0.15, -0.1) is 0 Å². The van der Waals surface area contributed by atoms with Crippen LogP contribution in [0, 0.1) is 0 Å². The maximum absolute atomic E-state index is 11.9. The van der Waals surface area contributed by atoms with E-state index in [4.69, 9.17) is 9.84 Å². The molecule has 2 atom stereocenters. The fourth-order valence-corrected chi connectivity index (χ4v) is 2.42. The van der Waals surface area contributed by atoms with Crippen molar-refractivity contribution in [2.24, 2.45) is 0 Å². The van der Waals surface area contributed by atoms with Gasteiger partial charge in [0.2, 0.25) is 0 Å².